The van der Waals surface area contributed by atoms with Crippen molar-refractivity contribution in [2.24, 2.45) is 5.92 Å². The van der Waals surface area contributed by atoms with Crippen molar-refractivity contribution >= 4 is 17.6 Å². The van der Waals surface area contributed by atoms with Crippen molar-refractivity contribution in [1.82, 2.24) is 25.3 Å². The molecular weight excluding hydrogens is 380 g/mol. The first-order chi connectivity index (χ1) is 14.5. The first kappa shape index (κ1) is 20.4. The summed E-state index contributed by atoms with van der Waals surface area (Å²) in [6.07, 6.45) is 1.83. The number of benzene rings is 1. The molecule has 8 nitrogen and oxygen atoms in total. The molecule has 0 spiro atoms. The van der Waals surface area contributed by atoms with Crippen LogP contribution in [0, 0.1) is 5.92 Å². The number of hydrogen-bond donors (Lipinski definition) is 3. The van der Waals surface area contributed by atoms with Crippen LogP contribution in [-0.4, -0.2) is 70.2 Å². The molecule has 0 saturated carbocycles. The number of carbonyl (C=O) groups is 2. The van der Waals surface area contributed by atoms with E-state index in [0.29, 0.717) is 24.7 Å². The van der Waals surface area contributed by atoms with Crippen LogP contribution in [0.4, 0.5) is 10.5 Å². The van der Waals surface area contributed by atoms with Crippen molar-refractivity contribution in [1.29, 1.82) is 0 Å². The lowest BCUT2D eigenvalue weighted by molar-refractivity contribution is 0.0878. The highest BCUT2D eigenvalue weighted by molar-refractivity contribution is 5.92. The Morgan fingerprint density at radius 3 is 2.80 bits per heavy atom. The summed E-state index contributed by atoms with van der Waals surface area (Å²) in [6, 6.07) is 11.6. The number of fused-ring (bicyclic) bond motifs is 2. The Morgan fingerprint density at radius 1 is 1.23 bits per heavy atom. The Kier molecular flexibility index (Phi) is 6.03. The number of nitrogens with zero attached hydrogens (tertiary/aromatic N) is 3. The number of aromatic amines is 1. The van der Waals surface area contributed by atoms with Crippen molar-refractivity contribution in [3.63, 3.8) is 0 Å². The fourth-order valence-corrected chi connectivity index (χ4v) is 4.33. The van der Waals surface area contributed by atoms with Crippen LogP contribution < -0.4 is 10.6 Å². The molecule has 8 heteroatoms. The highest BCUT2D eigenvalue weighted by Gasteiger charge is 2.40. The topological polar surface area (TPSA) is 93.4 Å². The van der Waals surface area contributed by atoms with Crippen LogP contribution in [-0.2, 0) is 6.42 Å². The molecule has 160 valence electrons. The molecule has 2 aromatic rings. The molecule has 3 N–H and O–H groups in total. The number of hydrogen-bond acceptors (Lipinski definition) is 4. The quantitative estimate of drug-likeness (QED) is 0.681. The fourth-order valence-electron chi connectivity index (χ4n) is 4.33. The zero-order valence-corrected chi connectivity index (χ0v) is 17.6. The van der Waals surface area contributed by atoms with E-state index in [1.165, 1.54) is 0 Å². The molecule has 3 heterocycles. The summed E-state index contributed by atoms with van der Waals surface area (Å²) in [6.45, 7) is 7.15. The Bertz CT molecular complexity index is 881. The molecule has 3 atom stereocenters. The summed E-state index contributed by atoms with van der Waals surface area (Å²) in [7, 11) is 0. The molecule has 4 rings (SSSR count). The summed E-state index contributed by atoms with van der Waals surface area (Å²) < 4.78 is 0. The van der Waals surface area contributed by atoms with E-state index in [1.54, 1.807) is 0 Å². The third kappa shape index (κ3) is 4.64. The molecule has 3 unspecified atom stereocenters. The second-order valence-corrected chi connectivity index (χ2v) is 8.63. The number of para-hydroxylation sites is 1. The van der Waals surface area contributed by atoms with E-state index < -0.39 is 0 Å². The second-order valence-electron chi connectivity index (χ2n) is 8.63. The van der Waals surface area contributed by atoms with Crippen molar-refractivity contribution in [2.75, 3.05) is 31.5 Å². The lowest BCUT2D eigenvalue weighted by Crippen LogP contribution is -2.58. The average Bonchev–Trinajstić information content (AvgIpc) is 3.35. The number of carbonyl (C=O) groups excluding carboxylic acids is 2. The smallest absolute Gasteiger partial charge is 0.322 e. The Labute approximate surface area is 177 Å². The van der Waals surface area contributed by atoms with Gasteiger partial charge in [-0.05, 0) is 37.0 Å². The van der Waals surface area contributed by atoms with Gasteiger partial charge < -0.3 is 15.5 Å². The fraction of sp³-hybridized carbons (Fsp3) is 0.500. The zero-order chi connectivity index (χ0) is 21.1. The van der Waals surface area contributed by atoms with Crippen LogP contribution in [0.2, 0.25) is 0 Å². The van der Waals surface area contributed by atoms with Gasteiger partial charge in [0.05, 0.1) is 0 Å². The molecule has 1 aromatic heterocycles. The number of piperazine rings is 1. The van der Waals surface area contributed by atoms with E-state index in [4.69, 9.17) is 0 Å². The average molecular weight is 411 g/mol. The van der Waals surface area contributed by atoms with Gasteiger partial charge in [0, 0.05) is 49.6 Å². The Morgan fingerprint density at radius 2 is 2.03 bits per heavy atom. The Balaban J connectivity index is 1.34. The molecule has 2 saturated heterocycles. The lowest BCUT2D eigenvalue weighted by atomic mass is 10.1. The SMILES string of the molecule is CC(C)Cc1cc(C(=O)NCC2CN(C(=O)Nc3ccccc3)C3CCN2C3)n[nH]1. The Hall–Kier alpha value is -2.87. The first-order valence-electron chi connectivity index (χ1n) is 10.7. The van der Waals surface area contributed by atoms with Gasteiger partial charge in [0.15, 0.2) is 0 Å². The molecule has 2 aliphatic rings. The van der Waals surface area contributed by atoms with E-state index >= 15 is 0 Å². The van der Waals surface area contributed by atoms with Crippen molar-refractivity contribution in [2.45, 2.75) is 38.8 Å². The number of urea groups is 1. The molecule has 0 aliphatic carbocycles. The normalized spacial score (nSPS) is 22.9. The maximum absolute atomic E-state index is 12.8. The summed E-state index contributed by atoms with van der Waals surface area (Å²) >= 11 is 0. The van der Waals surface area contributed by atoms with E-state index in [-0.39, 0.29) is 24.0 Å². The maximum Gasteiger partial charge on any atom is 0.322 e. The van der Waals surface area contributed by atoms with Gasteiger partial charge in [-0.3, -0.25) is 14.8 Å². The van der Waals surface area contributed by atoms with Crippen LogP contribution in [0.25, 0.3) is 0 Å². The van der Waals surface area contributed by atoms with Crippen molar-refractivity contribution < 1.29 is 9.59 Å². The van der Waals surface area contributed by atoms with Gasteiger partial charge in [-0.25, -0.2) is 4.79 Å². The first-order valence-corrected chi connectivity index (χ1v) is 10.7. The van der Waals surface area contributed by atoms with Crippen LogP contribution in [0.15, 0.2) is 36.4 Å². The third-order valence-corrected chi connectivity index (χ3v) is 5.84. The van der Waals surface area contributed by atoms with Gasteiger partial charge >= 0.3 is 6.03 Å². The van der Waals surface area contributed by atoms with Gasteiger partial charge in [-0.15, -0.1) is 0 Å². The van der Waals surface area contributed by atoms with Crippen molar-refractivity contribution in [3.8, 4) is 0 Å². The highest BCUT2D eigenvalue weighted by atomic mass is 16.2. The molecule has 1 aromatic carbocycles. The minimum atomic E-state index is -0.178. The minimum Gasteiger partial charge on any atom is -0.349 e. The predicted molar refractivity (Wildman–Crippen MR) is 115 cm³/mol. The number of amides is 3. The van der Waals surface area contributed by atoms with Gasteiger partial charge in [0.2, 0.25) is 0 Å². The van der Waals surface area contributed by atoms with Crippen molar-refractivity contribution in [3.05, 3.63) is 47.8 Å². The highest BCUT2D eigenvalue weighted by Crippen LogP contribution is 2.25. The largest absolute Gasteiger partial charge is 0.349 e. The van der Waals surface area contributed by atoms with Gasteiger partial charge in [0.1, 0.15) is 5.69 Å². The number of aromatic nitrogens is 2. The van der Waals surface area contributed by atoms with Gasteiger partial charge in [0.25, 0.3) is 5.91 Å². The maximum atomic E-state index is 12.8. The molecule has 2 fully saturated rings. The molecule has 2 aliphatic heterocycles. The van der Waals surface area contributed by atoms with Crippen LogP contribution in [0.5, 0.6) is 0 Å². The number of anilines is 1. The number of nitrogens with one attached hydrogen (secondary N) is 3. The molecular formula is C22H30N6O2. The molecule has 2 bridgehead atoms. The lowest BCUT2D eigenvalue weighted by Gasteiger charge is -2.40. The van der Waals surface area contributed by atoms with E-state index in [9.17, 15) is 9.59 Å². The standard InChI is InChI=1S/C22H30N6O2/c1-15(2)10-17-11-20(26-25-17)21(29)23-12-19-14-28(18-8-9-27(19)13-18)22(30)24-16-6-4-3-5-7-16/h3-7,11,15,18-19H,8-10,12-14H2,1-2H3,(H,23,29)(H,24,30)(H,25,26). The minimum absolute atomic E-state index is 0.0743. The second kappa shape index (κ2) is 8.87. The molecule has 3 amide bonds. The summed E-state index contributed by atoms with van der Waals surface area (Å²) in [5, 5.41) is 13.1. The molecule has 0 radical (unpaired) electrons. The van der Waals surface area contributed by atoms with E-state index in [1.807, 2.05) is 41.3 Å². The predicted octanol–water partition coefficient (Wildman–Crippen LogP) is 2.33. The monoisotopic (exact) mass is 410 g/mol. The number of rotatable bonds is 6. The molecule has 30 heavy (non-hydrogen) atoms. The zero-order valence-electron chi connectivity index (χ0n) is 17.6. The van der Waals surface area contributed by atoms with E-state index in [2.05, 4.69) is 39.6 Å². The van der Waals surface area contributed by atoms with Gasteiger partial charge in [-0.2, -0.15) is 5.10 Å². The summed E-state index contributed by atoms with van der Waals surface area (Å²) in [5.74, 6) is 0.322. The van der Waals surface area contributed by atoms with Crippen LogP contribution in [0.3, 0.4) is 0 Å². The summed E-state index contributed by atoms with van der Waals surface area (Å²) in [5.41, 5.74) is 2.18. The third-order valence-electron chi connectivity index (χ3n) is 5.84. The van der Waals surface area contributed by atoms with Crippen LogP contribution >= 0.6 is 0 Å². The van der Waals surface area contributed by atoms with E-state index in [0.717, 1.165) is 37.3 Å². The van der Waals surface area contributed by atoms with Gasteiger partial charge in [-0.1, -0.05) is 32.0 Å². The summed E-state index contributed by atoms with van der Waals surface area (Å²) in [4.78, 5) is 29.7. The van der Waals surface area contributed by atoms with Crippen LogP contribution in [0.1, 0.15) is 36.5 Å². The number of H-pyrrole nitrogens is 1.